The van der Waals surface area contributed by atoms with Crippen molar-refractivity contribution in [2.75, 3.05) is 19.0 Å². The fraction of sp³-hybridized carbons (Fsp3) is 0.176. The number of rotatable bonds is 6. The molecule has 1 N–H and O–H groups in total. The van der Waals surface area contributed by atoms with Crippen molar-refractivity contribution in [1.82, 2.24) is 0 Å². The first-order valence-electron chi connectivity index (χ1n) is 6.75. The molecule has 0 saturated heterocycles. The van der Waals surface area contributed by atoms with Gasteiger partial charge >= 0.3 is 0 Å². The Balaban J connectivity index is 2.02. The van der Waals surface area contributed by atoms with Crippen LogP contribution in [0.3, 0.4) is 0 Å². The van der Waals surface area contributed by atoms with Crippen LogP contribution in [0.25, 0.3) is 0 Å². The second-order valence-corrected chi connectivity index (χ2v) is 4.70. The van der Waals surface area contributed by atoms with E-state index in [0.29, 0.717) is 29.0 Å². The molecule has 0 fully saturated rings. The van der Waals surface area contributed by atoms with Crippen LogP contribution in [0.1, 0.15) is 15.9 Å². The van der Waals surface area contributed by atoms with Gasteiger partial charge in [-0.15, -0.1) is 0 Å². The van der Waals surface area contributed by atoms with E-state index in [1.54, 1.807) is 30.3 Å². The summed E-state index contributed by atoms with van der Waals surface area (Å²) in [6.45, 7) is 1.73. The molecule has 0 saturated carbocycles. The van der Waals surface area contributed by atoms with E-state index >= 15 is 0 Å². The van der Waals surface area contributed by atoms with E-state index in [1.165, 1.54) is 7.11 Å². The van der Waals surface area contributed by atoms with Gasteiger partial charge in [-0.1, -0.05) is 18.2 Å². The zero-order valence-electron chi connectivity index (χ0n) is 12.5. The molecule has 0 radical (unpaired) electrons. The lowest BCUT2D eigenvalue weighted by Crippen LogP contribution is -2.21. The Morgan fingerprint density at radius 2 is 1.95 bits per heavy atom. The molecule has 22 heavy (non-hydrogen) atoms. The maximum absolute atomic E-state index is 12.0. The molecule has 114 valence electrons. The monoisotopic (exact) mass is 299 g/mol. The highest BCUT2D eigenvalue weighted by Gasteiger charge is 2.10. The fourth-order valence-corrected chi connectivity index (χ4v) is 1.96. The number of nitrogens with one attached hydrogen (secondary N) is 1. The fourth-order valence-electron chi connectivity index (χ4n) is 1.96. The maximum atomic E-state index is 12.0. The summed E-state index contributed by atoms with van der Waals surface area (Å²) >= 11 is 0. The summed E-state index contributed by atoms with van der Waals surface area (Å²) in [6.07, 6.45) is 0.691. The van der Waals surface area contributed by atoms with E-state index in [-0.39, 0.29) is 12.5 Å². The van der Waals surface area contributed by atoms with Gasteiger partial charge < -0.3 is 14.8 Å². The predicted molar refractivity (Wildman–Crippen MR) is 83.7 cm³/mol. The van der Waals surface area contributed by atoms with Crippen molar-refractivity contribution in [3.63, 3.8) is 0 Å². The van der Waals surface area contributed by atoms with Gasteiger partial charge in [-0.25, -0.2) is 0 Å². The van der Waals surface area contributed by atoms with Gasteiger partial charge in [0.25, 0.3) is 5.91 Å². The first-order chi connectivity index (χ1) is 10.6. The number of ether oxygens (including phenoxy) is 2. The van der Waals surface area contributed by atoms with Crippen molar-refractivity contribution in [1.29, 1.82) is 0 Å². The number of carbonyl (C=O) groups excluding carboxylic acids is 2. The normalized spacial score (nSPS) is 9.91. The van der Waals surface area contributed by atoms with E-state index in [0.717, 1.165) is 5.56 Å². The van der Waals surface area contributed by atoms with Gasteiger partial charge in [0, 0.05) is 0 Å². The molecule has 0 bridgehead atoms. The standard InChI is InChI=1S/C17H17NO4/c1-12-7-8-16(21-2)14(9-12)18-17(20)11-22-15-6-4-3-5-13(15)10-19/h3-10H,11H2,1-2H3,(H,18,20). The Labute approximate surface area is 128 Å². The summed E-state index contributed by atoms with van der Waals surface area (Å²) < 4.78 is 10.6. The Kier molecular flexibility index (Phi) is 5.14. The van der Waals surface area contributed by atoms with Crippen molar-refractivity contribution in [2.24, 2.45) is 0 Å². The van der Waals surface area contributed by atoms with Crippen molar-refractivity contribution < 1.29 is 19.1 Å². The van der Waals surface area contributed by atoms with Crippen molar-refractivity contribution in [2.45, 2.75) is 6.92 Å². The molecule has 0 aromatic heterocycles. The minimum absolute atomic E-state index is 0.193. The third-order valence-corrected chi connectivity index (χ3v) is 3.03. The van der Waals surface area contributed by atoms with Gasteiger partial charge in [0.2, 0.25) is 0 Å². The molecule has 0 aliphatic heterocycles. The Hall–Kier alpha value is -2.82. The number of anilines is 1. The molecule has 0 aliphatic rings. The summed E-state index contributed by atoms with van der Waals surface area (Å²) in [6, 6.07) is 12.2. The number of carbonyl (C=O) groups is 2. The first kappa shape index (κ1) is 15.6. The van der Waals surface area contributed by atoms with Crippen LogP contribution in [0, 0.1) is 6.92 Å². The lowest BCUT2D eigenvalue weighted by atomic mass is 10.2. The molecule has 1 amide bonds. The molecule has 0 aliphatic carbocycles. The summed E-state index contributed by atoms with van der Waals surface area (Å²) in [7, 11) is 1.54. The van der Waals surface area contributed by atoms with E-state index in [4.69, 9.17) is 9.47 Å². The van der Waals surface area contributed by atoms with Crippen LogP contribution >= 0.6 is 0 Å². The molecule has 2 rings (SSSR count). The zero-order valence-corrected chi connectivity index (χ0v) is 12.5. The maximum Gasteiger partial charge on any atom is 0.262 e. The topological polar surface area (TPSA) is 64.6 Å². The van der Waals surface area contributed by atoms with E-state index < -0.39 is 0 Å². The highest BCUT2D eigenvalue weighted by molar-refractivity contribution is 5.93. The molecular formula is C17H17NO4. The molecule has 0 spiro atoms. The van der Waals surface area contributed by atoms with Crippen molar-refractivity contribution in [3.8, 4) is 11.5 Å². The van der Waals surface area contributed by atoms with E-state index in [2.05, 4.69) is 5.32 Å². The van der Waals surface area contributed by atoms with Crippen molar-refractivity contribution >= 4 is 17.9 Å². The molecule has 5 nitrogen and oxygen atoms in total. The number of hydrogen-bond donors (Lipinski definition) is 1. The van der Waals surface area contributed by atoms with Gasteiger partial charge in [-0.3, -0.25) is 9.59 Å². The second-order valence-electron chi connectivity index (χ2n) is 4.70. The van der Waals surface area contributed by atoms with Crippen LogP contribution in [0.4, 0.5) is 5.69 Å². The SMILES string of the molecule is COc1ccc(C)cc1NC(=O)COc1ccccc1C=O. The number of aryl methyl sites for hydroxylation is 1. The molecule has 0 atom stereocenters. The second kappa shape index (κ2) is 7.26. The van der Waals surface area contributed by atoms with Crippen LogP contribution in [0.5, 0.6) is 11.5 Å². The third kappa shape index (κ3) is 3.85. The molecule has 0 unspecified atom stereocenters. The number of benzene rings is 2. The highest BCUT2D eigenvalue weighted by Crippen LogP contribution is 2.25. The number of amides is 1. The Bertz CT molecular complexity index is 682. The van der Waals surface area contributed by atoms with E-state index in [1.807, 2.05) is 19.1 Å². The summed E-state index contributed by atoms with van der Waals surface area (Å²) in [5.41, 5.74) is 1.99. The average molecular weight is 299 g/mol. The van der Waals surface area contributed by atoms with Gasteiger partial charge in [0.1, 0.15) is 11.5 Å². The highest BCUT2D eigenvalue weighted by atomic mass is 16.5. The van der Waals surface area contributed by atoms with Gasteiger partial charge in [0.05, 0.1) is 18.4 Å². The van der Waals surface area contributed by atoms with Crippen LogP contribution in [-0.4, -0.2) is 25.9 Å². The van der Waals surface area contributed by atoms with Gasteiger partial charge in [-0.05, 0) is 36.8 Å². The Morgan fingerprint density at radius 3 is 2.68 bits per heavy atom. The minimum Gasteiger partial charge on any atom is -0.495 e. The van der Waals surface area contributed by atoms with Gasteiger partial charge in [-0.2, -0.15) is 0 Å². The quantitative estimate of drug-likeness (QED) is 0.833. The molecule has 5 heteroatoms. The number of aldehydes is 1. The molecule has 0 heterocycles. The minimum atomic E-state index is -0.329. The molecular weight excluding hydrogens is 282 g/mol. The smallest absolute Gasteiger partial charge is 0.262 e. The lowest BCUT2D eigenvalue weighted by Gasteiger charge is -2.12. The summed E-state index contributed by atoms with van der Waals surface area (Å²) in [4.78, 5) is 22.9. The third-order valence-electron chi connectivity index (χ3n) is 3.03. The lowest BCUT2D eigenvalue weighted by molar-refractivity contribution is -0.118. The largest absolute Gasteiger partial charge is 0.495 e. The van der Waals surface area contributed by atoms with Gasteiger partial charge in [0.15, 0.2) is 12.9 Å². The Morgan fingerprint density at radius 1 is 1.18 bits per heavy atom. The number of para-hydroxylation sites is 1. The van der Waals surface area contributed by atoms with Crippen LogP contribution in [0.15, 0.2) is 42.5 Å². The van der Waals surface area contributed by atoms with Crippen LogP contribution < -0.4 is 14.8 Å². The average Bonchev–Trinajstić information content (AvgIpc) is 2.53. The first-order valence-corrected chi connectivity index (χ1v) is 6.75. The number of methoxy groups -OCH3 is 1. The van der Waals surface area contributed by atoms with Crippen LogP contribution in [-0.2, 0) is 4.79 Å². The van der Waals surface area contributed by atoms with Crippen molar-refractivity contribution in [3.05, 3.63) is 53.6 Å². The molecule has 2 aromatic carbocycles. The number of hydrogen-bond acceptors (Lipinski definition) is 4. The molecule has 2 aromatic rings. The zero-order chi connectivity index (χ0) is 15.9. The van der Waals surface area contributed by atoms with E-state index in [9.17, 15) is 9.59 Å². The summed E-state index contributed by atoms with van der Waals surface area (Å²) in [5, 5.41) is 2.73. The summed E-state index contributed by atoms with van der Waals surface area (Å²) in [5.74, 6) is 0.626. The predicted octanol–water partition coefficient (Wildman–Crippen LogP) is 2.83. The van der Waals surface area contributed by atoms with Crippen LogP contribution in [0.2, 0.25) is 0 Å².